The summed E-state index contributed by atoms with van der Waals surface area (Å²) in [7, 11) is 1.95. The van der Waals surface area contributed by atoms with Crippen LogP contribution in [0.15, 0.2) is 42.9 Å². The summed E-state index contributed by atoms with van der Waals surface area (Å²) in [5.41, 5.74) is 5.78. The Balaban J connectivity index is 1.96. The van der Waals surface area contributed by atoms with Crippen LogP contribution in [0, 0.1) is 0 Å². The van der Waals surface area contributed by atoms with Crippen LogP contribution < -0.4 is 11.3 Å². The number of benzene rings is 1. The molecule has 6 heteroatoms. The van der Waals surface area contributed by atoms with Crippen molar-refractivity contribution in [1.29, 1.82) is 0 Å². The number of para-hydroxylation sites is 1. The van der Waals surface area contributed by atoms with Gasteiger partial charge in [0.1, 0.15) is 6.33 Å². The minimum absolute atomic E-state index is 0.0868. The van der Waals surface area contributed by atoms with E-state index in [9.17, 15) is 0 Å². The lowest BCUT2D eigenvalue weighted by atomic mass is 10.1. The van der Waals surface area contributed by atoms with E-state index in [1.165, 1.54) is 6.33 Å². The highest BCUT2D eigenvalue weighted by atomic mass is 15.3. The quantitative estimate of drug-likeness (QED) is 0.547. The number of rotatable bonds is 4. The third kappa shape index (κ3) is 2.26. The number of hydrazine groups is 1. The fourth-order valence-corrected chi connectivity index (χ4v) is 2.39. The number of aryl methyl sites for hydroxylation is 1. The summed E-state index contributed by atoms with van der Waals surface area (Å²) in [5, 5.41) is 5.72. The Morgan fingerprint density at radius 3 is 2.90 bits per heavy atom. The fraction of sp³-hybridized carbons (Fsp3) is 0.214. The van der Waals surface area contributed by atoms with Crippen LogP contribution in [0.5, 0.6) is 0 Å². The van der Waals surface area contributed by atoms with Gasteiger partial charge in [-0.25, -0.2) is 9.97 Å². The van der Waals surface area contributed by atoms with Gasteiger partial charge in [0, 0.05) is 25.1 Å². The van der Waals surface area contributed by atoms with Crippen molar-refractivity contribution in [3.8, 4) is 0 Å². The lowest BCUT2D eigenvalue weighted by molar-refractivity contribution is 0.529. The summed E-state index contributed by atoms with van der Waals surface area (Å²) in [4.78, 5) is 8.17. The van der Waals surface area contributed by atoms with Crippen molar-refractivity contribution >= 4 is 10.9 Å². The van der Waals surface area contributed by atoms with Crippen molar-refractivity contribution in [2.75, 3.05) is 0 Å². The third-order valence-corrected chi connectivity index (χ3v) is 3.39. The topological polar surface area (TPSA) is 81.7 Å². The Kier molecular flexibility index (Phi) is 3.41. The molecular formula is C14H16N6. The second kappa shape index (κ2) is 5.36. The molecule has 2 heterocycles. The van der Waals surface area contributed by atoms with E-state index in [0.717, 1.165) is 22.3 Å². The molecule has 3 rings (SSSR count). The minimum atomic E-state index is -0.0868. The smallest absolute Gasteiger partial charge is 0.115 e. The lowest BCUT2D eigenvalue weighted by Crippen LogP contribution is -2.30. The normalized spacial score (nSPS) is 12.7. The number of nitrogens with two attached hydrogens (primary N) is 1. The number of nitrogens with one attached hydrogen (secondary N) is 1. The zero-order valence-corrected chi connectivity index (χ0v) is 11.2. The molecule has 1 unspecified atom stereocenters. The maximum Gasteiger partial charge on any atom is 0.115 e. The maximum atomic E-state index is 5.66. The van der Waals surface area contributed by atoms with E-state index < -0.39 is 0 Å². The van der Waals surface area contributed by atoms with Crippen molar-refractivity contribution in [2.45, 2.75) is 12.5 Å². The van der Waals surface area contributed by atoms with Crippen molar-refractivity contribution in [3.05, 3.63) is 54.2 Å². The van der Waals surface area contributed by atoms with Crippen LogP contribution in [0.1, 0.15) is 17.4 Å². The summed E-state index contributed by atoms with van der Waals surface area (Å²) in [6, 6.07) is 9.93. The highest BCUT2D eigenvalue weighted by Gasteiger charge is 2.16. The van der Waals surface area contributed by atoms with Gasteiger partial charge in [-0.1, -0.05) is 18.2 Å². The fourth-order valence-electron chi connectivity index (χ4n) is 2.39. The minimum Gasteiger partial charge on any atom is -0.271 e. The van der Waals surface area contributed by atoms with Gasteiger partial charge < -0.3 is 0 Å². The Hall–Kier alpha value is -2.31. The van der Waals surface area contributed by atoms with Crippen LogP contribution in [0.2, 0.25) is 0 Å². The summed E-state index contributed by atoms with van der Waals surface area (Å²) in [5.74, 6) is 5.66. The number of nitrogens with zero attached hydrogens (tertiary/aromatic N) is 4. The standard InChI is InChI=1S/C14H16N6/c1-20-14-5-3-2-4-10(14)12(19-20)8-13(18-15)11-6-7-16-9-17-11/h2-7,9,13,18H,8,15H2,1H3. The van der Waals surface area contributed by atoms with Gasteiger partial charge in [0.05, 0.1) is 22.9 Å². The molecule has 0 aliphatic heterocycles. The van der Waals surface area contributed by atoms with Crippen molar-refractivity contribution < 1.29 is 0 Å². The molecule has 0 saturated heterocycles. The summed E-state index contributed by atoms with van der Waals surface area (Å²) < 4.78 is 1.89. The van der Waals surface area contributed by atoms with Crippen LogP contribution >= 0.6 is 0 Å². The number of hydrogen-bond donors (Lipinski definition) is 2. The van der Waals surface area contributed by atoms with Crippen LogP contribution in [0.3, 0.4) is 0 Å². The number of aromatic nitrogens is 4. The van der Waals surface area contributed by atoms with Gasteiger partial charge in [-0.2, -0.15) is 5.10 Å². The van der Waals surface area contributed by atoms with E-state index in [-0.39, 0.29) is 6.04 Å². The Morgan fingerprint density at radius 1 is 1.30 bits per heavy atom. The Morgan fingerprint density at radius 2 is 2.15 bits per heavy atom. The average molecular weight is 268 g/mol. The lowest BCUT2D eigenvalue weighted by Gasteiger charge is -2.13. The highest BCUT2D eigenvalue weighted by Crippen LogP contribution is 2.22. The predicted octanol–water partition coefficient (Wildman–Crippen LogP) is 1.11. The predicted molar refractivity (Wildman–Crippen MR) is 76.5 cm³/mol. The van der Waals surface area contributed by atoms with Gasteiger partial charge in [-0.05, 0) is 12.1 Å². The molecule has 102 valence electrons. The van der Waals surface area contributed by atoms with Crippen LogP contribution in [-0.2, 0) is 13.5 Å². The van der Waals surface area contributed by atoms with Crippen molar-refractivity contribution in [2.24, 2.45) is 12.9 Å². The molecular weight excluding hydrogens is 252 g/mol. The van der Waals surface area contributed by atoms with Gasteiger partial charge in [-0.3, -0.25) is 16.0 Å². The molecule has 0 saturated carbocycles. The summed E-state index contributed by atoms with van der Waals surface area (Å²) >= 11 is 0. The zero-order chi connectivity index (χ0) is 13.9. The van der Waals surface area contributed by atoms with E-state index in [2.05, 4.69) is 32.6 Å². The number of fused-ring (bicyclic) bond motifs is 1. The SMILES string of the molecule is Cn1nc(CC(NN)c2ccncn2)c2ccccc21. The average Bonchev–Trinajstić information content (AvgIpc) is 2.82. The van der Waals surface area contributed by atoms with E-state index in [0.29, 0.717) is 6.42 Å². The highest BCUT2D eigenvalue weighted by molar-refractivity contribution is 5.81. The molecule has 2 aromatic heterocycles. The van der Waals surface area contributed by atoms with Crippen LogP contribution in [-0.4, -0.2) is 19.7 Å². The number of hydrogen-bond acceptors (Lipinski definition) is 5. The second-order valence-electron chi connectivity index (χ2n) is 4.65. The van der Waals surface area contributed by atoms with Gasteiger partial charge in [0.2, 0.25) is 0 Å². The van der Waals surface area contributed by atoms with Crippen LogP contribution in [0.4, 0.5) is 0 Å². The first kappa shape index (κ1) is 12.7. The molecule has 0 bridgehead atoms. The monoisotopic (exact) mass is 268 g/mol. The van der Waals surface area contributed by atoms with E-state index in [1.54, 1.807) is 6.20 Å². The molecule has 0 aliphatic rings. The molecule has 0 aliphatic carbocycles. The first-order chi connectivity index (χ1) is 9.79. The van der Waals surface area contributed by atoms with Gasteiger partial charge in [0.25, 0.3) is 0 Å². The Bertz CT molecular complexity index is 706. The van der Waals surface area contributed by atoms with Crippen molar-refractivity contribution in [3.63, 3.8) is 0 Å². The van der Waals surface area contributed by atoms with E-state index in [1.807, 2.05) is 29.9 Å². The molecule has 20 heavy (non-hydrogen) atoms. The van der Waals surface area contributed by atoms with Gasteiger partial charge in [0.15, 0.2) is 0 Å². The second-order valence-corrected chi connectivity index (χ2v) is 4.65. The molecule has 3 N–H and O–H groups in total. The molecule has 0 radical (unpaired) electrons. The summed E-state index contributed by atoms with van der Waals surface area (Å²) in [6.07, 6.45) is 3.91. The largest absolute Gasteiger partial charge is 0.271 e. The van der Waals surface area contributed by atoms with Gasteiger partial charge >= 0.3 is 0 Å². The van der Waals surface area contributed by atoms with Crippen LogP contribution in [0.25, 0.3) is 10.9 Å². The maximum absolute atomic E-state index is 5.66. The molecule has 1 atom stereocenters. The zero-order valence-electron chi connectivity index (χ0n) is 11.2. The molecule has 3 aromatic rings. The van der Waals surface area contributed by atoms with Crippen molar-refractivity contribution in [1.82, 2.24) is 25.2 Å². The Labute approximate surface area is 116 Å². The first-order valence-corrected chi connectivity index (χ1v) is 6.42. The van der Waals surface area contributed by atoms with Gasteiger partial charge in [-0.15, -0.1) is 0 Å². The molecule has 0 amide bonds. The molecule has 1 aromatic carbocycles. The molecule has 0 spiro atoms. The third-order valence-electron chi connectivity index (χ3n) is 3.39. The molecule has 0 fully saturated rings. The first-order valence-electron chi connectivity index (χ1n) is 6.42. The molecule has 6 nitrogen and oxygen atoms in total. The summed E-state index contributed by atoms with van der Waals surface area (Å²) in [6.45, 7) is 0. The van der Waals surface area contributed by atoms with E-state index >= 15 is 0 Å². The van der Waals surface area contributed by atoms with E-state index in [4.69, 9.17) is 5.84 Å².